The summed E-state index contributed by atoms with van der Waals surface area (Å²) in [4.78, 5) is 19.0. The van der Waals surface area contributed by atoms with Crippen LogP contribution in [0.2, 0.25) is 0 Å². The number of oxazole rings is 1. The number of piperazine rings is 1. The molecule has 10 nitrogen and oxygen atoms in total. The number of para-hydroxylation sites is 1. The topological polar surface area (TPSA) is 125 Å². The monoisotopic (exact) mass is 457 g/mol. The van der Waals surface area contributed by atoms with Crippen LogP contribution in [-0.2, 0) is 10.0 Å². The molecule has 0 saturated carbocycles. The number of nitrogens with zero attached hydrogens (tertiary/aromatic N) is 3. The Labute approximate surface area is 183 Å². The van der Waals surface area contributed by atoms with Crippen LogP contribution in [0.25, 0.3) is 22.1 Å². The maximum atomic E-state index is 12.5. The highest BCUT2D eigenvalue weighted by atomic mass is 32.2. The molecule has 3 heterocycles. The van der Waals surface area contributed by atoms with Crippen molar-refractivity contribution in [3.8, 4) is 0 Å². The molecule has 0 spiro atoms. The van der Waals surface area contributed by atoms with E-state index >= 15 is 0 Å². The molecule has 168 valence electrons. The number of fused-ring (bicyclic) bond motifs is 2. The smallest absolute Gasteiger partial charge is 0.408 e. The molecule has 32 heavy (non-hydrogen) atoms. The van der Waals surface area contributed by atoms with Gasteiger partial charge in [0.25, 0.3) is 0 Å². The minimum Gasteiger partial charge on any atom is -0.408 e. The number of nitrogens with one attached hydrogen (secondary N) is 2. The lowest BCUT2D eigenvalue weighted by Crippen LogP contribution is -2.47. The normalized spacial score (nSPS) is 15.7. The summed E-state index contributed by atoms with van der Waals surface area (Å²) in [5, 5.41) is 4.33. The molecule has 1 aliphatic heterocycles. The number of hydrogen-bond donors (Lipinski definition) is 2. The van der Waals surface area contributed by atoms with Gasteiger partial charge in [0.1, 0.15) is 5.52 Å². The van der Waals surface area contributed by atoms with Crippen molar-refractivity contribution in [1.29, 1.82) is 0 Å². The van der Waals surface area contributed by atoms with Crippen LogP contribution in [-0.4, -0.2) is 62.7 Å². The van der Waals surface area contributed by atoms with Gasteiger partial charge in [-0.15, -0.1) is 0 Å². The molecule has 4 aromatic rings. The van der Waals surface area contributed by atoms with E-state index in [1.165, 1.54) is 12.3 Å². The molecular formula is C21H23N5O5S. The molecule has 0 aliphatic carbocycles. The number of H-pyrrole nitrogens is 1. The van der Waals surface area contributed by atoms with E-state index < -0.39 is 15.8 Å². The lowest BCUT2D eigenvalue weighted by atomic mass is 10.2. The lowest BCUT2D eigenvalue weighted by molar-refractivity contribution is 0.255. The highest BCUT2D eigenvalue weighted by Crippen LogP contribution is 2.25. The fourth-order valence-corrected chi connectivity index (χ4v) is 5.15. The highest BCUT2D eigenvalue weighted by molar-refractivity contribution is 7.89. The van der Waals surface area contributed by atoms with Crippen LogP contribution >= 0.6 is 0 Å². The molecule has 1 fully saturated rings. The second-order valence-corrected chi connectivity index (χ2v) is 9.54. The molecular weight excluding hydrogens is 434 g/mol. The average Bonchev–Trinajstić information content (AvgIpc) is 3.42. The molecule has 0 amide bonds. The number of anilines is 1. The van der Waals surface area contributed by atoms with E-state index in [0.717, 1.165) is 43.9 Å². The fraction of sp³-hybridized carbons (Fsp3) is 0.333. The first-order valence-corrected chi connectivity index (χ1v) is 11.9. The SMILES string of the molecule is O=c1[nH]c2c(N3CCN(CCCNS(=O)(=O)c4ccc5oncc5c4)CC3)cccc2o1. The van der Waals surface area contributed by atoms with E-state index in [0.29, 0.717) is 29.5 Å². The van der Waals surface area contributed by atoms with Gasteiger partial charge in [-0.3, -0.25) is 9.88 Å². The van der Waals surface area contributed by atoms with E-state index in [9.17, 15) is 13.2 Å². The highest BCUT2D eigenvalue weighted by Gasteiger charge is 2.20. The summed E-state index contributed by atoms with van der Waals surface area (Å²) in [5.74, 6) is -0.449. The number of hydrogen-bond acceptors (Lipinski definition) is 8. The molecule has 11 heteroatoms. The summed E-state index contributed by atoms with van der Waals surface area (Å²) in [5.41, 5.74) is 2.80. The minimum absolute atomic E-state index is 0.202. The quantitative estimate of drug-likeness (QED) is 0.402. The first-order valence-electron chi connectivity index (χ1n) is 10.4. The van der Waals surface area contributed by atoms with Crippen molar-refractivity contribution in [3.05, 3.63) is 53.1 Å². The van der Waals surface area contributed by atoms with Crippen LogP contribution < -0.4 is 15.4 Å². The van der Waals surface area contributed by atoms with Crippen LogP contribution in [0.1, 0.15) is 6.42 Å². The molecule has 5 rings (SSSR count). The second kappa shape index (κ2) is 8.41. The van der Waals surface area contributed by atoms with Crippen molar-refractivity contribution in [1.82, 2.24) is 19.8 Å². The van der Waals surface area contributed by atoms with Crippen molar-refractivity contribution in [2.75, 3.05) is 44.2 Å². The van der Waals surface area contributed by atoms with Crippen molar-refractivity contribution in [3.63, 3.8) is 0 Å². The molecule has 0 radical (unpaired) electrons. The zero-order valence-electron chi connectivity index (χ0n) is 17.3. The maximum Gasteiger partial charge on any atom is 0.417 e. The van der Waals surface area contributed by atoms with Crippen molar-refractivity contribution in [2.24, 2.45) is 0 Å². The predicted molar refractivity (Wildman–Crippen MR) is 119 cm³/mol. The van der Waals surface area contributed by atoms with Crippen LogP contribution in [0.15, 0.2) is 61.2 Å². The minimum atomic E-state index is -3.58. The van der Waals surface area contributed by atoms with Gasteiger partial charge < -0.3 is 13.8 Å². The zero-order chi connectivity index (χ0) is 22.1. The van der Waals surface area contributed by atoms with Gasteiger partial charge in [-0.2, -0.15) is 0 Å². The first kappa shape index (κ1) is 20.7. The summed E-state index contributed by atoms with van der Waals surface area (Å²) in [6.07, 6.45) is 2.21. The van der Waals surface area contributed by atoms with Crippen LogP contribution in [0.5, 0.6) is 0 Å². The van der Waals surface area contributed by atoms with Gasteiger partial charge in [-0.1, -0.05) is 11.2 Å². The van der Waals surface area contributed by atoms with Gasteiger partial charge >= 0.3 is 5.76 Å². The Kier molecular flexibility index (Phi) is 5.45. The molecule has 2 aromatic carbocycles. The van der Waals surface area contributed by atoms with E-state index in [1.54, 1.807) is 18.2 Å². The van der Waals surface area contributed by atoms with Crippen molar-refractivity contribution < 1.29 is 17.4 Å². The number of rotatable bonds is 7. The Bertz CT molecular complexity index is 1400. The van der Waals surface area contributed by atoms with Gasteiger partial charge in [0.15, 0.2) is 11.2 Å². The van der Waals surface area contributed by atoms with Crippen LogP contribution in [0.3, 0.4) is 0 Å². The van der Waals surface area contributed by atoms with Gasteiger partial charge in [0.2, 0.25) is 10.0 Å². The largest absolute Gasteiger partial charge is 0.417 e. The Balaban J connectivity index is 1.11. The third-order valence-electron chi connectivity index (χ3n) is 5.72. The van der Waals surface area contributed by atoms with E-state index in [-0.39, 0.29) is 4.90 Å². The third kappa shape index (κ3) is 4.14. The number of benzene rings is 2. The third-order valence-corrected chi connectivity index (χ3v) is 7.18. The Morgan fingerprint density at radius 1 is 1.09 bits per heavy atom. The summed E-state index contributed by atoms with van der Waals surface area (Å²) < 4.78 is 37.9. The zero-order valence-corrected chi connectivity index (χ0v) is 18.1. The van der Waals surface area contributed by atoms with Crippen LogP contribution in [0.4, 0.5) is 5.69 Å². The number of sulfonamides is 1. The Morgan fingerprint density at radius 3 is 2.78 bits per heavy atom. The fourth-order valence-electron chi connectivity index (χ4n) is 4.04. The summed E-state index contributed by atoms with van der Waals surface area (Å²) in [7, 11) is -3.58. The predicted octanol–water partition coefficient (Wildman–Crippen LogP) is 1.75. The van der Waals surface area contributed by atoms with Gasteiger partial charge in [0, 0.05) is 38.1 Å². The van der Waals surface area contributed by atoms with Gasteiger partial charge in [-0.05, 0) is 43.3 Å². The molecule has 1 saturated heterocycles. The Morgan fingerprint density at radius 2 is 1.94 bits per heavy atom. The van der Waals surface area contributed by atoms with Crippen molar-refractivity contribution in [2.45, 2.75) is 11.3 Å². The standard InChI is InChI=1S/C21H23N5O5S/c27-21-24-20-17(3-1-4-19(20)30-21)26-11-9-25(10-12-26)8-2-7-23-32(28,29)16-5-6-18-15(13-16)14-22-31-18/h1,3-6,13-14,23H,2,7-12H2,(H,24,27). The summed E-state index contributed by atoms with van der Waals surface area (Å²) >= 11 is 0. The van der Waals surface area contributed by atoms with Gasteiger partial charge in [0.05, 0.1) is 16.8 Å². The summed E-state index contributed by atoms with van der Waals surface area (Å²) in [6, 6.07) is 10.3. The Hall–Kier alpha value is -3.15. The maximum absolute atomic E-state index is 12.5. The average molecular weight is 458 g/mol. The molecule has 0 atom stereocenters. The molecule has 0 bridgehead atoms. The van der Waals surface area contributed by atoms with E-state index in [4.69, 9.17) is 8.94 Å². The molecule has 2 aromatic heterocycles. The molecule has 0 unspecified atom stereocenters. The van der Waals surface area contributed by atoms with E-state index in [2.05, 4.69) is 24.7 Å². The van der Waals surface area contributed by atoms with E-state index in [1.807, 2.05) is 12.1 Å². The van der Waals surface area contributed by atoms with Gasteiger partial charge in [-0.25, -0.2) is 17.9 Å². The summed E-state index contributed by atoms with van der Waals surface area (Å²) in [6.45, 7) is 4.51. The van der Waals surface area contributed by atoms with Crippen molar-refractivity contribution >= 4 is 37.8 Å². The van der Waals surface area contributed by atoms with Crippen LogP contribution in [0, 0.1) is 0 Å². The first-order chi connectivity index (χ1) is 15.5. The lowest BCUT2D eigenvalue weighted by Gasteiger charge is -2.36. The molecule has 1 aliphatic rings. The second-order valence-electron chi connectivity index (χ2n) is 7.77. The molecule has 2 N–H and O–H groups in total. The number of aromatic amines is 1. The number of aromatic nitrogens is 2.